The van der Waals surface area contributed by atoms with Gasteiger partial charge in [0.1, 0.15) is 5.65 Å². The third-order valence-electron chi connectivity index (χ3n) is 10.5. The number of hydrogen-bond donors (Lipinski definition) is 0. The van der Waals surface area contributed by atoms with Gasteiger partial charge < -0.3 is 9.38 Å². The number of imidazole rings is 1. The van der Waals surface area contributed by atoms with Crippen LogP contribution in [0.3, 0.4) is 0 Å². The summed E-state index contributed by atoms with van der Waals surface area (Å²) in [5.41, 5.74) is 11.8. The summed E-state index contributed by atoms with van der Waals surface area (Å²) in [6.45, 7) is 0. The van der Waals surface area contributed by atoms with Gasteiger partial charge in [-0.25, -0.2) is 4.98 Å². The van der Waals surface area contributed by atoms with Gasteiger partial charge in [0.25, 0.3) is 0 Å². The summed E-state index contributed by atoms with van der Waals surface area (Å²) in [6.07, 6.45) is 3.75. The van der Waals surface area contributed by atoms with Gasteiger partial charge in [-0.3, -0.25) is 4.98 Å². The van der Waals surface area contributed by atoms with E-state index in [2.05, 4.69) is 150 Å². The van der Waals surface area contributed by atoms with Crippen LogP contribution >= 0.6 is 0 Å². The normalized spacial score (nSPS) is 13.1. The van der Waals surface area contributed by atoms with Gasteiger partial charge in [0.15, 0.2) is 0 Å². The molecule has 10 aromatic rings. The molecule has 0 saturated carbocycles. The molecule has 0 unspecified atom stereocenters. The molecule has 1 aliphatic carbocycles. The van der Waals surface area contributed by atoms with E-state index < -0.39 is 5.41 Å². The van der Waals surface area contributed by atoms with Crippen LogP contribution in [0.15, 0.2) is 158 Å². The molecule has 4 aromatic heterocycles. The number of aromatic nitrogens is 4. The largest absolute Gasteiger partial charge is 2.00 e. The van der Waals surface area contributed by atoms with Crippen LogP contribution < -0.4 is 0 Å². The Kier molecular flexibility index (Phi) is 6.62. The molecule has 1 aliphatic rings. The summed E-state index contributed by atoms with van der Waals surface area (Å²) in [5.74, 6) is 0. The van der Waals surface area contributed by atoms with Gasteiger partial charge in [-0.1, -0.05) is 102 Å². The molecule has 240 valence electrons. The molecule has 11 rings (SSSR count). The van der Waals surface area contributed by atoms with Gasteiger partial charge >= 0.3 is 21.1 Å². The minimum absolute atomic E-state index is 0. The van der Waals surface area contributed by atoms with Crippen molar-refractivity contribution in [2.75, 3.05) is 0 Å². The van der Waals surface area contributed by atoms with Crippen LogP contribution in [0, 0.1) is 12.1 Å². The Morgan fingerprint density at radius 3 is 2.10 bits per heavy atom. The van der Waals surface area contributed by atoms with Gasteiger partial charge in [-0.05, 0) is 68.4 Å². The number of nitrogens with zero attached hydrogens (tertiary/aromatic N) is 4. The van der Waals surface area contributed by atoms with Crippen LogP contribution in [-0.4, -0.2) is 19.4 Å². The van der Waals surface area contributed by atoms with Crippen LogP contribution in [0.1, 0.15) is 22.3 Å². The first-order chi connectivity index (χ1) is 24.8. The summed E-state index contributed by atoms with van der Waals surface area (Å²) in [5, 5.41) is 5.37. The Morgan fingerprint density at radius 2 is 1.24 bits per heavy atom. The molecule has 0 aliphatic heterocycles. The fourth-order valence-corrected chi connectivity index (χ4v) is 8.43. The summed E-state index contributed by atoms with van der Waals surface area (Å²) < 4.78 is 2.19. The molecule has 5 heteroatoms. The van der Waals surface area contributed by atoms with Gasteiger partial charge in [-0.15, -0.1) is 59.2 Å². The monoisotopic (exact) mass is 829 g/mol. The number of pyridine rings is 3. The van der Waals surface area contributed by atoms with Crippen LogP contribution in [0.25, 0.3) is 71.6 Å². The zero-order chi connectivity index (χ0) is 32.8. The third kappa shape index (κ3) is 4.08. The van der Waals surface area contributed by atoms with Gasteiger partial charge in [0.05, 0.1) is 16.7 Å². The van der Waals surface area contributed by atoms with E-state index in [4.69, 9.17) is 15.0 Å². The first kappa shape index (κ1) is 29.9. The molecule has 0 bridgehead atoms. The second-order valence-electron chi connectivity index (χ2n) is 13.0. The molecular formula is C46H26N4Pt. The average molecular weight is 830 g/mol. The van der Waals surface area contributed by atoms with E-state index in [1.54, 1.807) is 0 Å². The van der Waals surface area contributed by atoms with Crippen molar-refractivity contribution < 1.29 is 21.1 Å². The maximum absolute atomic E-state index is 5.20. The molecule has 0 radical (unpaired) electrons. The Bertz CT molecular complexity index is 2970. The number of rotatable bonds is 3. The molecule has 4 heterocycles. The molecule has 0 saturated heterocycles. The van der Waals surface area contributed by atoms with Gasteiger partial charge in [0.2, 0.25) is 0 Å². The minimum atomic E-state index is -0.700. The quantitative estimate of drug-likeness (QED) is 0.132. The van der Waals surface area contributed by atoms with Crippen molar-refractivity contribution in [2.45, 2.75) is 5.41 Å². The van der Waals surface area contributed by atoms with Crippen molar-refractivity contribution in [3.8, 4) is 22.4 Å². The predicted octanol–water partition coefficient (Wildman–Crippen LogP) is 10.4. The second kappa shape index (κ2) is 11.3. The maximum atomic E-state index is 5.20. The first-order valence-electron chi connectivity index (χ1n) is 16.9. The van der Waals surface area contributed by atoms with Crippen molar-refractivity contribution in [2.24, 2.45) is 0 Å². The van der Waals surface area contributed by atoms with Crippen LogP contribution in [-0.2, 0) is 26.5 Å². The number of fused-ring (bicyclic) bond motifs is 12. The zero-order valence-corrected chi connectivity index (χ0v) is 29.4. The standard InChI is InChI=1S/C46H26N4.Pt/c1-2-14-33-29(11-1)24-26-47-43(33)30-12-9-13-31(27-30)46(39-18-5-3-15-35(39)36-16-4-6-19-40(36)46)32-22-23-34-37-17-10-25-48-44(37)50-42-21-8-7-20-41(42)49-45(50)38(34)28-32;/h1-26H;/q-2;+2. The summed E-state index contributed by atoms with van der Waals surface area (Å²) in [7, 11) is 0. The van der Waals surface area contributed by atoms with E-state index in [0.29, 0.717) is 0 Å². The van der Waals surface area contributed by atoms with Crippen molar-refractivity contribution in [3.05, 3.63) is 192 Å². The SMILES string of the molecule is [Pt+2].[c-]1c(-c2nccc3ccccc23)cccc1C1(c2[c-]c3c(cc2)c2cccnc2n2c4ccccc4nc32)c2ccccc2-c2ccccc21. The first-order valence-corrected chi connectivity index (χ1v) is 16.9. The van der Waals surface area contributed by atoms with Gasteiger partial charge in [-0.2, -0.15) is 0 Å². The van der Waals surface area contributed by atoms with Crippen molar-refractivity contribution in [1.82, 2.24) is 19.4 Å². The van der Waals surface area contributed by atoms with Crippen molar-refractivity contribution in [3.63, 3.8) is 0 Å². The molecule has 0 fully saturated rings. The molecule has 0 N–H and O–H groups in total. The summed E-state index contributed by atoms with van der Waals surface area (Å²) in [4.78, 5) is 15.0. The second-order valence-corrected chi connectivity index (χ2v) is 13.0. The average Bonchev–Trinajstić information content (AvgIpc) is 3.73. The Labute approximate surface area is 308 Å². The van der Waals surface area contributed by atoms with Gasteiger partial charge in [0, 0.05) is 17.8 Å². The third-order valence-corrected chi connectivity index (χ3v) is 10.5. The molecule has 0 atom stereocenters. The van der Waals surface area contributed by atoms with E-state index in [1.807, 2.05) is 24.5 Å². The number of benzene rings is 6. The van der Waals surface area contributed by atoms with Crippen molar-refractivity contribution in [1.29, 1.82) is 0 Å². The maximum Gasteiger partial charge on any atom is 2.00 e. The van der Waals surface area contributed by atoms with Crippen LogP contribution in [0.5, 0.6) is 0 Å². The Hall–Kier alpha value is -5.96. The van der Waals surface area contributed by atoms with E-state index >= 15 is 0 Å². The van der Waals surface area contributed by atoms with E-state index in [1.165, 1.54) is 22.3 Å². The molecule has 6 aromatic carbocycles. The fraction of sp³-hybridized carbons (Fsp3) is 0.0217. The van der Waals surface area contributed by atoms with E-state index in [9.17, 15) is 0 Å². The Balaban J connectivity index is 0.00000327. The number of hydrogen-bond acceptors (Lipinski definition) is 3. The summed E-state index contributed by atoms with van der Waals surface area (Å²) in [6, 6.07) is 59.5. The predicted molar refractivity (Wildman–Crippen MR) is 201 cm³/mol. The zero-order valence-electron chi connectivity index (χ0n) is 27.1. The molecule has 0 spiro atoms. The topological polar surface area (TPSA) is 43.1 Å². The van der Waals surface area contributed by atoms with E-state index in [0.717, 1.165) is 71.6 Å². The minimum Gasteiger partial charge on any atom is -0.318 e. The van der Waals surface area contributed by atoms with Crippen molar-refractivity contribution >= 4 is 49.3 Å². The molecule has 0 amide bonds. The molecular weight excluding hydrogens is 804 g/mol. The number of para-hydroxylation sites is 2. The van der Waals surface area contributed by atoms with Crippen LogP contribution in [0.2, 0.25) is 0 Å². The van der Waals surface area contributed by atoms with Crippen LogP contribution in [0.4, 0.5) is 0 Å². The molecule has 4 nitrogen and oxygen atoms in total. The fourth-order valence-electron chi connectivity index (χ4n) is 8.43. The molecule has 51 heavy (non-hydrogen) atoms. The van der Waals surface area contributed by atoms with E-state index in [-0.39, 0.29) is 21.1 Å². The smallest absolute Gasteiger partial charge is 0.318 e. The Morgan fingerprint density at radius 1 is 0.510 bits per heavy atom. The summed E-state index contributed by atoms with van der Waals surface area (Å²) >= 11 is 0.